The van der Waals surface area contributed by atoms with Gasteiger partial charge in [-0.2, -0.15) is 10.2 Å². The summed E-state index contributed by atoms with van der Waals surface area (Å²) in [6.07, 6.45) is 2.20. The SMILES string of the molecule is Cc1n[nH]c(C)c1C(=O)N[C@@H]1CCc2n[nH]c(=O)cc2C1. The largest absolute Gasteiger partial charge is 0.349 e. The third-order valence-electron chi connectivity index (χ3n) is 3.86. The number of rotatable bonds is 2. The lowest BCUT2D eigenvalue weighted by Crippen LogP contribution is -2.40. The molecule has 7 heteroatoms. The summed E-state index contributed by atoms with van der Waals surface area (Å²) < 4.78 is 0. The van der Waals surface area contributed by atoms with Crippen LogP contribution in [-0.2, 0) is 12.8 Å². The molecule has 1 amide bonds. The molecule has 3 N–H and O–H groups in total. The highest BCUT2D eigenvalue weighted by atomic mass is 16.1. The molecule has 110 valence electrons. The van der Waals surface area contributed by atoms with E-state index in [9.17, 15) is 9.59 Å². The molecule has 0 aliphatic heterocycles. The van der Waals surface area contributed by atoms with Crippen molar-refractivity contribution in [1.82, 2.24) is 25.7 Å². The fourth-order valence-electron chi connectivity index (χ4n) is 2.81. The summed E-state index contributed by atoms with van der Waals surface area (Å²) >= 11 is 0. The molecule has 0 unspecified atom stereocenters. The Balaban J connectivity index is 1.75. The van der Waals surface area contributed by atoms with Crippen LogP contribution in [-0.4, -0.2) is 32.3 Å². The number of aromatic amines is 2. The number of carbonyl (C=O) groups is 1. The van der Waals surface area contributed by atoms with Gasteiger partial charge in [0, 0.05) is 17.8 Å². The summed E-state index contributed by atoms with van der Waals surface area (Å²) in [5.74, 6) is -0.120. The van der Waals surface area contributed by atoms with E-state index in [0.29, 0.717) is 17.7 Å². The van der Waals surface area contributed by atoms with Crippen molar-refractivity contribution in [2.24, 2.45) is 0 Å². The second-order valence-corrected chi connectivity index (χ2v) is 5.43. The molecular formula is C14H17N5O2. The van der Waals surface area contributed by atoms with Crippen LogP contribution >= 0.6 is 0 Å². The maximum atomic E-state index is 12.3. The minimum Gasteiger partial charge on any atom is -0.349 e. The smallest absolute Gasteiger partial charge is 0.264 e. The van der Waals surface area contributed by atoms with Crippen LogP contribution in [0.25, 0.3) is 0 Å². The van der Waals surface area contributed by atoms with Gasteiger partial charge in [0.15, 0.2) is 0 Å². The lowest BCUT2D eigenvalue weighted by Gasteiger charge is -2.24. The van der Waals surface area contributed by atoms with Crippen molar-refractivity contribution in [2.75, 3.05) is 0 Å². The Morgan fingerprint density at radius 3 is 2.86 bits per heavy atom. The third kappa shape index (κ3) is 2.58. The number of fused-ring (bicyclic) bond motifs is 1. The van der Waals surface area contributed by atoms with E-state index in [1.54, 1.807) is 13.0 Å². The zero-order valence-corrected chi connectivity index (χ0v) is 12.0. The first-order valence-electron chi connectivity index (χ1n) is 6.94. The molecule has 2 aromatic heterocycles. The molecule has 0 spiro atoms. The number of nitrogens with zero attached hydrogens (tertiary/aromatic N) is 2. The van der Waals surface area contributed by atoms with Crippen LogP contribution in [0.15, 0.2) is 10.9 Å². The molecule has 0 aromatic carbocycles. The fraction of sp³-hybridized carbons (Fsp3) is 0.429. The van der Waals surface area contributed by atoms with Gasteiger partial charge in [-0.3, -0.25) is 14.7 Å². The van der Waals surface area contributed by atoms with E-state index < -0.39 is 0 Å². The van der Waals surface area contributed by atoms with Crippen LogP contribution in [0.5, 0.6) is 0 Å². The zero-order chi connectivity index (χ0) is 15.0. The van der Waals surface area contributed by atoms with Crippen LogP contribution in [0.4, 0.5) is 0 Å². The molecule has 3 rings (SSSR count). The van der Waals surface area contributed by atoms with Gasteiger partial charge in [0.1, 0.15) is 0 Å². The predicted molar refractivity (Wildman–Crippen MR) is 76.2 cm³/mol. The number of H-pyrrole nitrogens is 2. The third-order valence-corrected chi connectivity index (χ3v) is 3.86. The van der Waals surface area contributed by atoms with E-state index in [2.05, 4.69) is 25.7 Å². The van der Waals surface area contributed by atoms with Crippen molar-refractivity contribution in [1.29, 1.82) is 0 Å². The Labute approximate surface area is 121 Å². The van der Waals surface area contributed by atoms with E-state index >= 15 is 0 Å². The average molecular weight is 287 g/mol. The van der Waals surface area contributed by atoms with Gasteiger partial charge in [-0.25, -0.2) is 5.10 Å². The summed E-state index contributed by atoms with van der Waals surface area (Å²) in [5, 5.41) is 16.4. The molecule has 21 heavy (non-hydrogen) atoms. The van der Waals surface area contributed by atoms with Crippen molar-refractivity contribution in [3.8, 4) is 0 Å². The maximum Gasteiger partial charge on any atom is 0.264 e. The van der Waals surface area contributed by atoms with Crippen molar-refractivity contribution >= 4 is 5.91 Å². The van der Waals surface area contributed by atoms with Gasteiger partial charge in [-0.15, -0.1) is 0 Å². The maximum absolute atomic E-state index is 12.3. The Kier molecular flexibility index (Phi) is 3.32. The molecule has 0 fully saturated rings. The minimum atomic E-state index is -0.206. The highest BCUT2D eigenvalue weighted by Gasteiger charge is 2.24. The zero-order valence-electron chi connectivity index (χ0n) is 12.0. The van der Waals surface area contributed by atoms with Crippen molar-refractivity contribution < 1.29 is 4.79 Å². The normalized spacial score (nSPS) is 17.3. The Morgan fingerprint density at radius 1 is 1.33 bits per heavy atom. The number of aryl methyl sites for hydroxylation is 3. The highest BCUT2D eigenvalue weighted by Crippen LogP contribution is 2.18. The summed E-state index contributed by atoms with van der Waals surface area (Å²) in [6.45, 7) is 3.63. The molecule has 2 aromatic rings. The summed E-state index contributed by atoms with van der Waals surface area (Å²) in [6, 6.07) is 1.58. The molecule has 1 atom stereocenters. The molecule has 0 saturated carbocycles. The van der Waals surface area contributed by atoms with E-state index in [1.165, 1.54) is 0 Å². The minimum absolute atomic E-state index is 0.0160. The molecule has 2 heterocycles. The molecular weight excluding hydrogens is 270 g/mol. The quantitative estimate of drug-likeness (QED) is 0.743. The number of aromatic nitrogens is 4. The van der Waals surface area contributed by atoms with Crippen molar-refractivity contribution in [3.63, 3.8) is 0 Å². The Morgan fingerprint density at radius 2 is 2.14 bits per heavy atom. The summed E-state index contributed by atoms with van der Waals surface area (Å²) in [7, 11) is 0. The standard InChI is InChI=1S/C14H17N5O2/c1-7-13(8(2)17-16-7)14(21)15-10-3-4-11-9(5-10)6-12(20)19-18-11/h6,10H,3-5H2,1-2H3,(H,15,21)(H,16,17)(H,19,20)/t10-/m1/s1. The van der Waals surface area contributed by atoms with E-state index in [1.807, 2.05) is 6.92 Å². The van der Waals surface area contributed by atoms with Gasteiger partial charge in [0.2, 0.25) is 0 Å². The highest BCUT2D eigenvalue weighted by molar-refractivity contribution is 5.96. The monoisotopic (exact) mass is 287 g/mol. The first-order valence-corrected chi connectivity index (χ1v) is 6.94. The van der Waals surface area contributed by atoms with Gasteiger partial charge in [-0.05, 0) is 38.7 Å². The van der Waals surface area contributed by atoms with Crippen LogP contribution in [0.2, 0.25) is 0 Å². The predicted octanol–water partition coefficient (Wildman–Crippen LogP) is 0.397. The number of amides is 1. The average Bonchev–Trinajstić information content (AvgIpc) is 2.77. The number of carbonyl (C=O) groups excluding carboxylic acids is 1. The van der Waals surface area contributed by atoms with Crippen molar-refractivity contribution in [2.45, 2.75) is 39.2 Å². The van der Waals surface area contributed by atoms with E-state index in [0.717, 1.165) is 29.8 Å². The molecule has 7 nitrogen and oxygen atoms in total. The fourth-order valence-corrected chi connectivity index (χ4v) is 2.81. The second kappa shape index (κ2) is 5.16. The number of hydrogen-bond acceptors (Lipinski definition) is 4. The lowest BCUT2D eigenvalue weighted by atomic mass is 9.92. The number of hydrogen-bond donors (Lipinski definition) is 3. The van der Waals surface area contributed by atoms with Crippen LogP contribution in [0.3, 0.4) is 0 Å². The van der Waals surface area contributed by atoms with Crippen LogP contribution in [0.1, 0.15) is 39.4 Å². The van der Waals surface area contributed by atoms with Crippen LogP contribution in [0, 0.1) is 13.8 Å². The van der Waals surface area contributed by atoms with Gasteiger partial charge in [0.25, 0.3) is 11.5 Å². The first-order chi connectivity index (χ1) is 10.0. The van der Waals surface area contributed by atoms with Gasteiger partial charge >= 0.3 is 0 Å². The molecule has 1 aliphatic carbocycles. The topological polar surface area (TPSA) is 104 Å². The Hall–Kier alpha value is -2.44. The second-order valence-electron chi connectivity index (χ2n) is 5.43. The van der Waals surface area contributed by atoms with E-state index in [4.69, 9.17) is 0 Å². The van der Waals surface area contributed by atoms with Gasteiger partial charge in [0.05, 0.1) is 17.0 Å². The van der Waals surface area contributed by atoms with Gasteiger partial charge < -0.3 is 5.32 Å². The van der Waals surface area contributed by atoms with E-state index in [-0.39, 0.29) is 17.5 Å². The summed E-state index contributed by atoms with van der Waals surface area (Å²) in [5.41, 5.74) is 3.68. The van der Waals surface area contributed by atoms with Crippen molar-refractivity contribution in [3.05, 3.63) is 44.6 Å². The summed E-state index contributed by atoms with van der Waals surface area (Å²) in [4.78, 5) is 23.7. The molecule has 1 aliphatic rings. The molecule has 0 saturated heterocycles. The van der Waals surface area contributed by atoms with Crippen LogP contribution < -0.4 is 10.9 Å². The molecule has 0 radical (unpaired) electrons. The van der Waals surface area contributed by atoms with Gasteiger partial charge in [-0.1, -0.05) is 0 Å². The molecule has 0 bridgehead atoms. The Bertz CT molecular complexity index is 727. The number of nitrogens with one attached hydrogen (secondary N) is 3. The lowest BCUT2D eigenvalue weighted by molar-refractivity contribution is 0.0932. The first kappa shape index (κ1) is 13.5.